The Morgan fingerprint density at radius 1 is 0.800 bits per heavy atom. The van der Waals surface area contributed by atoms with Gasteiger partial charge in [0.15, 0.2) is 6.61 Å². The minimum atomic E-state index is -0.533. The van der Waals surface area contributed by atoms with Crippen molar-refractivity contribution in [2.45, 2.75) is 12.8 Å². The van der Waals surface area contributed by atoms with Gasteiger partial charge in [-0.15, -0.1) is 0 Å². The number of carbonyl (C=O) groups is 2. The molecule has 0 saturated carbocycles. The van der Waals surface area contributed by atoms with Gasteiger partial charge >= 0.3 is 11.9 Å². The zero-order chi connectivity index (χ0) is 21.2. The second kappa shape index (κ2) is 11.2. The van der Waals surface area contributed by atoms with Crippen LogP contribution < -0.4 is 9.47 Å². The van der Waals surface area contributed by atoms with Crippen LogP contribution in [0.5, 0.6) is 11.5 Å². The topological polar surface area (TPSA) is 61.8 Å². The third-order valence-electron chi connectivity index (χ3n) is 4.18. The highest BCUT2D eigenvalue weighted by molar-refractivity contribution is 9.10. The summed E-state index contributed by atoms with van der Waals surface area (Å²) in [5, 5.41) is 0. The van der Waals surface area contributed by atoms with Gasteiger partial charge in [-0.25, -0.2) is 9.59 Å². The first-order valence-electron chi connectivity index (χ1n) is 9.50. The molecule has 0 atom stereocenters. The van der Waals surface area contributed by atoms with Crippen LogP contribution in [0, 0.1) is 0 Å². The molecular formula is C24H21BrO5. The van der Waals surface area contributed by atoms with Gasteiger partial charge in [0.25, 0.3) is 0 Å². The van der Waals surface area contributed by atoms with Crippen LogP contribution in [-0.2, 0) is 16.0 Å². The van der Waals surface area contributed by atoms with E-state index in [2.05, 4.69) is 15.9 Å². The van der Waals surface area contributed by atoms with Crippen molar-refractivity contribution in [3.8, 4) is 11.5 Å². The van der Waals surface area contributed by atoms with Gasteiger partial charge in [0.1, 0.15) is 11.5 Å². The third kappa shape index (κ3) is 7.04. The molecule has 0 fully saturated rings. The summed E-state index contributed by atoms with van der Waals surface area (Å²) in [6.07, 6.45) is 1.61. The third-order valence-corrected chi connectivity index (χ3v) is 4.71. The van der Waals surface area contributed by atoms with Crippen molar-refractivity contribution in [1.82, 2.24) is 0 Å². The first kappa shape index (κ1) is 21.6. The summed E-state index contributed by atoms with van der Waals surface area (Å²) in [4.78, 5) is 24.0. The molecule has 0 bridgehead atoms. The van der Waals surface area contributed by atoms with Crippen LogP contribution in [0.25, 0.3) is 0 Å². The van der Waals surface area contributed by atoms with Gasteiger partial charge in [0.2, 0.25) is 0 Å². The van der Waals surface area contributed by atoms with Crippen molar-refractivity contribution >= 4 is 27.9 Å². The fourth-order valence-corrected chi connectivity index (χ4v) is 2.93. The maximum Gasteiger partial charge on any atom is 0.349 e. The van der Waals surface area contributed by atoms with E-state index in [-0.39, 0.29) is 6.61 Å². The van der Waals surface area contributed by atoms with Crippen LogP contribution in [0.15, 0.2) is 83.3 Å². The van der Waals surface area contributed by atoms with Crippen LogP contribution >= 0.6 is 15.9 Å². The van der Waals surface area contributed by atoms with Crippen LogP contribution in [0.2, 0.25) is 0 Å². The van der Waals surface area contributed by atoms with Gasteiger partial charge in [0.05, 0.1) is 12.2 Å². The molecule has 0 amide bonds. The molecule has 5 nitrogen and oxygen atoms in total. The second-order valence-corrected chi connectivity index (χ2v) is 7.38. The maximum atomic E-state index is 12.1. The van der Waals surface area contributed by atoms with E-state index in [1.54, 1.807) is 36.4 Å². The summed E-state index contributed by atoms with van der Waals surface area (Å²) in [6, 6.07) is 23.4. The Hall–Kier alpha value is -3.12. The molecule has 3 aromatic rings. The Morgan fingerprint density at radius 3 is 2.17 bits per heavy atom. The van der Waals surface area contributed by atoms with E-state index in [1.165, 1.54) is 5.56 Å². The number of esters is 2. The zero-order valence-corrected chi connectivity index (χ0v) is 17.8. The van der Waals surface area contributed by atoms with E-state index in [4.69, 9.17) is 14.2 Å². The quantitative estimate of drug-likeness (QED) is 0.244. The molecule has 0 radical (unpaired) electrons. The Labute approximate surface area is 183 Å². The number of carbonyl (C=O) groups excluding carboxylic acids is 2. The monoisotopic (exact) mass is 468 g/mol. The molecule has 0 unspecified atom stereocenters. The summed E-state index contributed by atoms with van der Waals surface area (Å²) in [6.45, 7) is 0.130. The fraction of sp³-hybridized carbons (Fsp3) is 0.167. The van der Waals surface area contributed by atoms with E-state index in [0.717, 1.165) is 17.3 Å². The zero-order valence-electron chi connectivity index (χ0n) is 16.3. The largest absolute Gasteiger partial charge is 0.482 e. The van der Waals surface area contributed by atoms with Crippen molar-refractivity contribution in [3.05, 3.63) is 94.5 Å². The molecule has 3 rings (SSSR count). The molecule has 154 valence electrons. The van der Waals surface area contributed by atoms with Gasteiger partial charge < -0.3 is 14.2 Å². The van der Waals surface area contributed by atoms with Gasteiger partial charge in [-0.2, -0.15) is 0 Å². The highest BCUT2D eigenvalue weighted by Crippen LogP contribution is 2.17. The van der Waals surface area contributed by atoms with Gasteiger partial charge in [-0.3, -0.25) is 0 Å². The van der Waals surface area contributed by atoms with E-state index in [0.29, 0.717) is 23.7 Å². The van der Waals surface area contributed by atoms with Crippen molar-refractivity contribution < 1.29 is 23.8 Å². The van der Waals surface area contributed by atoms with Crippen molar-refractivity contribution in [2.75, 3.05) is 13.2 Å². The number of halogens is 1. The Kier molecular flexibility index (Phi) is 8.03. The predicted octanol–water partition coefficient (Wildman–Crippen LogP) is 5.22. The van der Waals surface area contributed by atoms with Crippen LogP contribution in [0.4, 0.5) is 0 Å². The summed E-state index contributed by atoms with van der Waals surface area (Å²) in [5.41, 5.74) is 1.62. The molecule has 0 heterocycles. The van der Waals surface area contributed by atoms with E-state index < -0.39 is 11.9 Å². The lowest BCUT2D eigenvalue weighted by molar-refractivity contribution is -0.136. The first-order valence-corrected chi connectivity index (χ1v) is 10.3. The molecule has 3 aromatic carbocycles. The molecule has 0 aromatic heterocycles. The number of aryl methyl sites for hydroxylation is 1. The van der Waals surface area contributed by atoms with Gasteiger partial charge in [0, 0.05) is 4.47 Å². The molecule has 0 spiro atoms. The number of ether oxygens (including phenoxy) is 3. The predicted molar refractivity (Wildman–Crippen MR) is 117 cm³/mol. The highest BCUT2D eigenvalue weighted by Gasteiger charge is 2.10. The fourth-order valence-electron chi connectivity index (χ4n) is 2.66. The first-order chi connectivity index (χ1) is 14.6. The Morgan fingerprint density at radius 2 is 1.47 bits per heavy atom. The molecule has 6 heteroatoms. The van der Waals surface area contributed by atoms with Gasteiger partial charge in [-0.05, 0) is 66.9 Å². The molecular weight excluding hydrogens is 448 g/mol. The van der Waals surface area contributed by atoms with Crippen molar-refractivity contribution in [2.24, 2.45) is 0 Å². The Balaban J connectivity index is 1.39. The summed E-state index contributed by atoms with van der Waals surface area (Å²) < 4.78 is 16.8. The second-order valence-electron chi connectivity index (χ2n) is 6.47. The Bertz CT molecular complexity index is 953. The van der Waals surface area contributed by atoms with E-state index in [1.807, 2.05) is 42.5 Å². The summed E-state index contributed by atoms with van der Waals surface area (Å²) in [7, 11) is 0. The van der Waals surface area contributed by atoms with Crippen LogP contribution in [0.1, 0.15) is 22.3 Å². The maximum absolute atomic E-state index is 12.1. The number of rotatable bonds is 9. The van der Waals surface area contributed by atoms with Crippen LogP contribution in [0.3, 0.4) is 0 Å². The van der Waals surface area contributed by atoms with Crippen molar-refractivity contribution in [1.29, 1.82) is 0 Å². The molecule has 0 aliphatic carbocycles. The molecule has 30 heavy (non-hydrogen) atoms. The molecule has 0 aliphatic rings. The molecule has 0 saturated heterocycles. The smallest absolute Gasteiger partial charge is 0.349 e. The minimum Gasteiger partial charge on any atom is -0.482 e. The van der Waals surface area contributed by atoms with E-state index >= 15 is 0 Å². The molecule has 0 N–H and O–H groups in total. The lowest BCUT2D eigenvalue weighted by Crippen LogP contribution is -2.17. The van der Waals surface area contributed by atoms with Crippen LogP contribution in [-0.4, -0.2) is 25.2 Å². The van der Waals surface area contributed by atoms with Crippen molar-refractivity contribution in [3.63, 3.8) is 0 Å². The van der Waals surface area contributed by atoms with E-state index in [9.17, 15) is 9.59 Å². The average molecular weight is 469 g/mol. The highest BCUT2D eigenvalue weighted by atomic mass is 79.9. The number of hydrogen-bond donors (Lipinski definition) is 0. The number of benzene rings is 3. The summed E-state index contributed by atoms with van der Waals surface area (Å²) >= 11 is 3.33. The lowest BCUT2D eigenvalue weighted by Gasteiger charge is -2.08. The normalized spacial score (nSPS) is 10.3. The lowest BCUT2D eigenvalue weighted by atomic mass is 10.1. The minimum absolute atomic E-state index is 0.215. The summed E-state index contributed by atoms with van der Waals surface area (Å²) in [5.74, 6) is -0.0331. The number of hydrogen-bond acceptors (Lipinski definition) is 5. The SMILES string of the molecule is O=C(COc1ccc(Br)cc1)Oc1ccc(C(=O)OCCCc2ccccc2)cc1. The average Bonchev–Trinajstić information content (AvgIpc) is 2.77. The van der Waals surface area contributed by atoms with Gasteiger partial charge in [-0.1, -0.05) is 46.3 Å². The standard InChI is InChI=1S/C24H21BrO5/c25-20-10-14-21(15-11-20)29-17-23(26)30-22-12-8-19(9-13-22)24(27)28-16-4-7-18-5-2-1-3-6-18/h1-3,5-6,8-15H,4,7,16-17H2. The molecule has 0 aliphatic heterocycles.